The van der Waals surface area contributed by atoms with Crippen LogP contribution in [-0.2, 0) is 17.8 Å². The number of fused-ring (bicyclic) bond motifs is 1. The quantitative estimate of drug-likeness (QED) is 0.824. The van der Waals surface area contributed by atoms with Gasteiger partial charge in [0.2, 0.25) is 5.91 Å². The summed E-state index contributed by atoms with van der Waals surface area (Å²) >= 11 is 0. The standard InChI is InChI=1S/C19H24N6O2/c1-12-17(22-23-25(12)15-6-8-21-9-7-15)19(27)24-11-14-5-3-2-4-13(14)10-16(24)18(20)26/h2-5,15-16,21H,6-11H2,1H3,(H2,20,26). The van der Waals surface area contributed by atoms with E-state index in [1.54, 1.807) is 0 Å². The molecule has 1 saturated heterocycles. The minimum absolute atomic E-state index is 0.245. The van der Waals surface area contributed by atoms with Crippen LogP contribution in [0.3, 0.4) is 0 Å². The first-order valence-electron chi connectivity index (χ1n) is 9.36. The van der Waals surface area contributed by atoms with E-state index >= 15 is 0 Å². The molecule has 1 unspecified atom stereocenters. The van der Waals surface area contributed by atoms with E-state index < -0.39 is 11.9 Å². The zero-order valence-electron chi connectivity index (χ0n) is 15.4. The average Bonchev–Trinajstić information content (AvgIpc) is 3.08. The molecule has 4 rings (SSSR count). The van der Waals surface area contributed by atoms with E-state index in [0.717, 1.165) is 42.8 Å². The van der Waals surface area contributed by atoms with Gasteiger partial charge in [0.25, 0.3) is 5.91 Å². The first kappa shape index (κ1) is 17.7. The monoisotopic (exact) mass is 368 g/mol. The van der Waals surface area contributed by atoms with Crippen molar-refractivity contribution in [2.45, 2.75) is 44.8 Å². The Kier molecular flexibility index (Phi) is 4.65. The normalized spacial score (nSPS) is 20.3. The van der Waals surface area contributed by atoms with E-state index in [0.29, 0.717) is 18.7 Å². The van der Waals surface area contributed by atoms with Crippen LogP contribution in [0.4, 0.5) is 0 Å². The Morgan fingerprint density at radius 3 is 2.59 bits per heavy atom. The number of hydrogen-bond donors (Lipinski definition) is 2. The lowest BCUT2D eigenvalue weighted by molar-refractivity contribution is -0.122. The number of primary amides is 1. The first-order valence-corrected chi connectivity index (χ1v) is 9.36. The molecule has 2 aromatic rings. The van der Waals surface area contributed by atoms with Gasteiger partial charge in [-0.15, -0.1) is 5.10 Å². The van der Waals surface area contributed by atoms with Crippen molar-refractivity contribution in [3.63, 3.8) is 0 Å². The van der Waals surface area contributed by atoms with Crippen LogP contribution in [0, 0.1) is 6.92 Å². The minimum atomic E-state index is -0.671. The number of carbonyl (C=O) groups is 2. The SMILES string of the molecule is Cc1c(C(=O)N2Cc3ccccc3CC2C(N)=O)nnn1C1CCNCC1. The second-order valence-corrected chi connectivity index (χ2v) is 7.27. The Labute approximate surface area is 157 Å². The van der Waals surface area contributed by atoms with Gasteiger partial charge in [0.05, 0.1) is 11.7 Å². The van der Waals surface area contributed by atoms with Gasteiger partial charge in [-0.25, -0.2) is 4.68 Å². The summed E-state index contributed by atoms with van der Waals surface area (Å²) in [5.74, 6) is -0.785. The van der Waals surface area contributed by atoms with Crippen LogP contribution >= 0.6 is 0 Å². The number of amides is 2. The number of nitrogens with one attached hydrogen (secondary N) is 1. The van der Waals surface area contributed by atoms with Crippen LogP contribution in [0.2, 0.25) is 0 Å². The summed E-state index contributed by atoms with van der Waals surface area (Å²) < 4.78 is 1.85. The molecule has 0 aliphatic carbocycles. The van der Waals surface area contributed by atoms with Crippen molar-refractivity contribution in [1.29, 1.82) is 0 Å². The lowest BCUT2D eigenvalue weighted by atomic mass is 9.93. The van der Waals surface area contributed by atoms with Crippen LogP contribution in [0.5, 0.6) is 0 Å². The summed E-state index contributed by atoms with van der Waals surface area (Å²) in [6.07, 6.45) is 2.34. The molecule has 27 heavy (non-hydrogen) atoms. The molecule has 0 bridgehead atoms. The maximum Gasteiger partial charge on any atom is 0.277 e. The van der Waals surface area contributed by atoms with Crippen molar-refractivity contribution in [1.82, 2.24) is 25.2 Å². The van der Waals surface area contributed by atoms with Crippen molar-refractivity contribution < 1.29 is 9.59 Å². The molecular weight excluding hydrogens is 344 g/mol. The Morgan fingerprint density at radius 1 is 1.19 bits per heavy atom. The lowest BCUT2D eigenvalue weighted by Crippen LogP contribution is -2.51. The van der Waals surface area contributed by atoms with Gasteiger partial charge < -0.3 is 16.0 Å². The van der Waals surface area contributed by atoms with E-state index in [9.17, 15) is 9.59 Å². The first-order chi connectivity index (χ1) is 13.1. The van der Waals surface area contributed by atoms with Gasteiger partial charge in [-0.05, 0) is 44.0 Å². The van der Waals surface area contributed by atoms with Gasteiger partial charge in [0.1, 0.15) is 6.04 Å². The van der Waals surface area contributed by atoms with Crippen LogP contribution in [-0.4, -0.2) is 50.8 Å². The topological polar surface area (TPSA) is 106 Å². The van der Waals surface area contributed by atoms with Crippen LogP contribution < -0.4 is 11.1 Å². The Balaban J connectivity index is 1.63. The fraction of sp³-hybridized carbons (Fsp3) is 0.474. The number of carbonyl (C=O) groups excluding carboxylic acids is 2. The molecule has 2 amide bonds. The Bertz CT molecular complexity index is 871. The molecule has 142 valence electrons. The molecule has 1 aromatic heterocycles. The molecule has 1 aromatic carbocycles. The molecule has 8 nitrogen and oxygen atoms in total. The van der Waals surface area contributed by atoms with Crippen molar-refractivity contribution in [3.05, 3.63) is 46.8 Å². The van der Waals surface area contributed by atoms with Crippen molar-refractivity contribution >= 4 is 11.8 Å². The summed E-state index contributed by atoms with van der Waals surface area (Å²) in [5, 5.41) is 11.7. The summed E-state index contributed by atoms with van der Waals surface area (Å²) in [6.45, 7) is 4.08. The number of hydrogen-bond acceptors (Lipinski definition) is 5. The number of rotatable bonds is 3. The minimum Gasteiger partial charge on any atom is -0.368 e. The van der Waals surface area contributed by atoms with E-state index in [-0.39, 0.29) is 11.9 Å². The molecule has 0 radical (unpaired) electrons. The van der Waals surface area contributed by atoms with Crippen LogP contribution in [0.25, 0.3) is 0 Å². The van der Waals surface area contributed by atoms with Crippen molar-refractivity contribution in [2.75, 3.05) is 13.1 Å². The molecule has 1 atom stereocenters. The van der Waals surface area contributed by atoms with Gasteiger partial charge >= 0.3 is 0 Å². The molecule has 0 saturated carbocycles. The molecule has 1 fully saturated rings. The van der Waals surface area contributed by atoms with Crippen LogP contribution in [0.1, 0.15) is 46.2 Å². The molecule has 2 aliphatic heterocycles. The van der Waals surface area contributed by atoms with Gasteiger partial charge in [-0.2, -0.15) is 0 Å². The summed E-state index contributed by atoms with van der Waals surface area (Å²) in [5.41, 5.74) is 8.75. The highest BCUT2D eigenvalue weighted by atomic mass is 16.2. The third kappa shape index (κ3) is 3.21. The predicted octanol–water partition coefficient (Wildman–Crippen LogP) is 0.563. The second kappa shape index (κ2) is 7.11. The summed E-state index contributed by atoms with van der Waals surface area (Å²) in [7, 11) is 0. The fourth-order valence-electron chi connectivity index (χ4n) is 4.06. The zero-order valence-corrected chi connectivity index (χ0v) is 15.4. The highest BCUT2D eigenvalue weighted by Gasteiger charge is 2.36. The molecule has 0 spiro atoms. The molecular formula is C19H24N6O2. The molecule has 2 aliphatic rings. The summed E-state index contributed by atoms with van der Waals surface area (Å²) in [4.78, 5) is 26.8. The van der Waals surface area contributed by atoms with E-state index in [1.165, 1.54) is 4.90 Å². The highest BCUT2D eigenvalue weighted by Crippen LogP contribution is 2.26. The summed E-state index contributed by atoms with van der Waals surface area (Å²) in [6, 6.07) is 7.40. The largest absolute Gasteiger partial charge is 0.368 e. The maximum atomic E-state index is 13.2. The highest BCUT2D eigenvalue weighted by molar-refractivity contribution is 5.97. The second-order valence-electron chi connectivity index (χ2n) is 7.27. The van der Waals surface area contributed by atoms with Gasteiger partial charge in [-0.1, -0.05) is 29.5 Å². The molecule has 3 heterocycles. The molecule has 8 heteroatoms. The smallest absolute Gasteiger partial charge is 0.277 e. The predicted molar refractivity (Wildman–Crippen MR) is 98.9 cm³/mol. The van der Waals surface area contributed by atoms with E-state index in [1.807, 2.05) is 35.9 Å². The number of aromatic nitrogens is 3. The van der Waals surface area contributed by atoms with Gasteiger partial charge in [0.15, 0.2) is 5.69 Å². The Hall–Kier alpha value is -2.74. The van der Waals surface area contributed by atoms with Gasteiger partial charge in [-0.3, -0.25) is 9.59 Å². The van der Waals surface area contributed by atoms with E-state index in [2.05, 4.69) is 15.6 Å². The maximum absolute atomic E-state index is 13.2. The number of nitrogens with two attached hydrogens (primary N) is 1. The van der Waals surface area contributed by atoms with Crippen molar-refractivity contribution in [2.24, 2.45) is 5.73 Å². The fourth-order valence-corrected chi connectivity index (χ4v) is 4.06. The van der Waals surface area contributed by atoms with E-state index in [4.69, 9.17) is 5.73 Å². The third-order valence-electron chi connectivity index (χ3n) is 5.62. The van der Waals surface area contributed by atoms with Gasteiger partial charge in [0, 0.05) is 13.0 Å². The lowest BCUT2D eigenvalue weighted by Gasteiger charge is -2.34. The number of benzene rings is 1. The van der Waals surface area contributed by atoms with Crippen molar-refractivity contribution in [3.8, 4) is 0 Å². The van der Waals surface area contributed by atoms with Crippen LogP contribution in [0.15, 0.2) is 24.3 Å². The average molecular weight is 368 g/mol. The number of piperidine rings is 1. The number of nitrogens with zero attached hydrogens (tertiary/aromatic N) is 4. The molecule has 3 N–H and O–H groups in total. The Morgan fingerprint density at radius 2 is 1.89 bits per heavy atom. The third-order valence-corrected chi connectivity index (χ3v) is 5.62. The zero-order chi connectivity index (χ0) is 19.0.